The number of benzene rings is 2. The summed E-state index contributed by atoms with van der Waals surface area (Å²) in [5.74, 6) is 2.09. The molecule has 1 heterocycles. The smallest absolute Gasteiger partial charge is 0.266 e. The second kappa shape index (κ2) is 10.6. The zero-order valence-electron chi connectivity index (χ0n) is 17.7. The van der Waals surface area contributed by atoms with Crippen LogP contribution in [0.25, 0.3) is 6.08 Å². The predicted molar refractivity (Wildman–Crippen MR) is 123 cm³/mol. The second-order valence-corrected chi connectivity index (χ2v) is 7.53. The van der Waals surface area contributed by atoms with Crippen LogP contribution < -0.4 is 14.6 Å². The molecule has 32 heavy (non-hydrogen) atoms. The first-order valence-electron chi connectivity index (χ1n) is 9.91. The highest BCUT2D eigenvalue weighted by Crippen LogP contribution is 2.35. The Labute approximate surface area is 190 Å². The maximum atomic E-state index is 12.9. The third kappa shape index (κ3) is 5.31. The molecule has 1 aliphatic heterocycles. The Balaban J connectivity index is 1.88. The number of carbonyl (C=O) groups excluding carboxylic acids is 2. The summed E-state index contributed by atoms with van der Waals surface area (Å²) in [7, 11) is 0. The summed E-state index contributed by atoms with van der Waals surface area (Å²) < 4.78 is 11.1. The minimum atomic E-state index is -1.25. The largest absolute Gasteiger partial charge is 0.545 e. The monoisotopic (exact) mass is 449 g/mol. The van der Waals surface area contributed by atoms with Crippen molar-refractivity contribution in [1.82, 2.24) is 4.90 Å². The molecule has 0 aromatic heterocycles. The van der Waals surface area contributed by atoms with Gasteiger partial charge >= 0.3 is 0 Å². The Morgan fingerprint density at radius 2 is 1.94 bits per heavy atom. The van der Waals surface area contributed by atoms with Crippen LogP contribution in [0.5, 0.6) is 11.5 Å². The second-order valence-electron chi connectivity index (χ2n) is 6.52. The SMILES string of the molecule is C#CCOc1ccc(/C=C2\SC(=Nc3ccc(C(=O)[O-])cc3)N(CC)C2=O)cc1OCC. The molecule has 2 aromatic rings. The molecular formula is C24H21N2O5S-. The summed E-state index contributed by atoms with van der Waals surface area (Å²) in [5, 5.41) is 11.4. The Kier molecular flexibility index (Phi) is 7.58. The summed E-state index contributed by atoms with van der Waals surface area (Å²) in [4.78, 5) is 30.4. The first-order chi connectivity index (χ1) is 15.5. The van der Waals surface area contributed by atoms with Crippen molar-refractivity contribution in [3.8, 4) is 23.8 Å². The van der Waals surface area contributed by atoms with Crippen LogP contribution in [0, 0.1) is 12.3 Å². The van der Waals surface area contributed by atoms with Crippen molar-refractivity contribution in [3.63, 3.8) is 0 Å². The van der Waals surface area contributed by atoms with Crippen LogP contribution in [0.1, 0.15) is 29.8 Å². The van der Waals surface area contributed by atoms with E-state index in [-0.39, 0.29) is 18.1 Å². The highest BCUT2D eigenvalue weighted by molar-refractivity contribution is 8.18. The number of hydrogen-bond donors (Lipinski definition) is 0. The molecule has 1 saturated heterocycles. The van der Waals surface area contributed by atoms with Crippen LogP contribution in [-0.4, -0.2) is 41.7 Å². The molecule has 1 amide bonds. The predicted octanol–water partition coefficient (Wildman–Crippen LogP) is 3.08. The van der Waals surface area contributed by atoms with E-state index in [1.54, 1.807) is 35.2 Å². The molecule has 0 spiro atoms. The van der Waals surface area contributed by atoms with E-state index < -0.39 is 5.97 Å². The molecular weight excluding hydrogens is 428 g/mol. The zero-order chi connectivity index (χ0) is 23.1. The molecule has 0 saturated carbocycles. The molecule has 0 atom stereocenters. The van der Waals surface area contributed by atoms with Gasteiger partial charge in [0, 0.05) is 6.54 Å². The fraction of sp³-hybridized carbons (Fsp3) is 0.208. The van der Waals surface area contributed by atoms with Gasteiger partial charge in [0.2, 0.25) is 0 Å². The third-order valence-corrected chi connectivity index (χ3v) is 5.42. The van der Waals surface area contributed by atoms with Gasteiger partial charge in [-0.05, 0) is 67.1 Å². The lowest BCUT2D eigenvalue weighted by atomic mass is 10.2. The number of carbonyl (C=O) groups is 2. The molecule has 0 N–H and O–H groups in total. The number of amidine groups is 1. The Morgan fingerprint density at radius 3 is 2.56 bits per heavy atom. The Bertz CT molecular complexity index is 1120. The van der Waals surface area contributed by atoms with Crippen LogP contribution >= 0.6 is 11.8 Å². The van der Waals surface area contributed by atoms with Crippen LogP contribution in [0.2, 0.25) is 0 Å². The molecule has 0 aliphatic carbocycles. The normalized spacial score (nSPS) is 15.8. The van der Waals surface area contributed by atoms with Crippen LogP contribution in [-0.2, 0) is 4.79 Å². The van der Waals surface area contributed by atoms with E-state index in [1.807, 2.05) is 19.9 Å². The van der Waals surface area contributed by atoms with Crippen LogP contribution in [0.3, 0.4) is 0 Å². The van der Waals surface area contributed by atoms with Crippen molar-refractivity contribution in [3.05, 3.63) is 58.5 Å². The number of carboxylic acid groups (broad SMARTS) is 1. The number of likely N-dealkylation sites (N-methyl/N-ethyl adjacent to an activating group) is 1. The number of amides is 1. The first-order valence-corrected chi connectivity index (χ1v) is 10.7. The minimum Gasteiger partial charge on any atom is -0.545 e. The third-order valence-electron chi connectivity index (χ3n) is 4.41. The van der Waals surface area contributed by atoms with Crippen molar-refractivity contribution in [2.45, 2.75) is 13.8 Å². The average Bonchev–Trinajstić information content (AvgIpc) is 3.07. The van der Waals surface area contributed by atoms with E-state index in [0.29, 0.717) is 40.4 Å². The Hall–Kier alpha value is -3.70. The van der Waals surface area contributed by atoms with Gasteiger partial charge in [0.25, 0.3) is 5.91 Å². The quantitative estimate of drug-likeness (QED) is 0.454. The van der Waals surface area contributed by atoms with Crippen molar-refractivity contribution in [1.29, 1.82) is 0 Å². The molecule has 3 rings (SSSR count). The zero-order valence-corrected chi connectivity index (χ0v) is 18.5. The van der Waals surface area contributed by atoms with Crippen molar-refractivity contribution in [2.75, 3.05) is 19.8 Å². The highest BCUT2D eigenvalue weighted by Gasteiger charge is 2.32. The topological polar surface area (TPSA) is 91.3 Å². The molecule has 0 radical (unpaired) electrons. The summed E-state index contributed by atoms with van der Waals surface area (Å²) >= 11 is 1.25. The molecule has 1 fully saturated rings. The molecule has 7 nitrogen and oxygen atoms in total. The lowest BCUT2D eigenvalue weighted by Crippen LogP contribution is -2.28. The van der Waals surface area contributed by atoms with Gasteiger partial charge in [-0.1, -0.05) is 24.1 Å². The van der Waals surface area contributed by atoms with Gasteiger partial charge in [-0.15, -0.1) is 6.42 Å². The number of carboxylic acids is 1. The highest BCUT2D eigenvalue weighted by atomic mass is 32.2. The lowest BCUT2D eigenvalue weighted by molar-refractivity contribution is -0.255. The van der Waals surface area contributed by atoms with Gasteiger partial charge in [-0.25, -0.2) is 4.99 Å². The van der Waals surface area contributed by atoms with Gasteiger partial charge in [-0.3, -0.25) is 9.69 Å². The summed E-state index contributed by atoms with van der Waals surface area (Å²) in [5.41, 5.74) is 1.38. The summed E-state index contributed by atoms with van der Waals surface area (Å²) in [6.45, 7) is 4.76. The first kappa shape index (κ1) is 23.0. The van der Waals surface area contributed by atoms with E-state index in [4.69, 9.17) is 15.9 Å². The van der Waals surface area contributed by atoms with Gasteiger partial charge in [0.05, 0.1) is 23.2 Å². The fourth-order valence-corrected chi connectivity index (χ4v) is 3.99. The van der Waals surface area contributed by atoms with Crippen molar-refractivity contribution < 1.29 is 24.2 Å². The maximum absolute atomic E-state index is 12.9. The minimum absolute atomic E-state index is 0.0665. The maximum Gasteiger partial charge on any atom is 0.266 e. The molecule has 0 bridgehead atoms. The van der Waals surface area contributed by atoms with Gasteiger partial charge in [0.1, 0.15) is 6.61 Å². The molecule has 164 valence electrons. The van der Waals surface area contributed by atoms with E-state index in [9.17, 15) is 14.7 Å². The number of aromatic carboxylic acids is 1. The number of terminal acetylenes is 1. The van der Waals surface area contributed by atoms with Gasteiger partial charge in [-0.2, -0.15) is 0 Å². The summed E-state index contributed by atoms with van der Waals surface area (Å²) in [6.07, 6.45) is 7.03. The Morgan fingerprint density at radius 1 is 1.19 bits per heavy atom. The molecule has 2 aromatic carbocycles. The lowest BCUT2D eigenvalue weighted by Gasteiger charge is -2.12. The van der Waals surface area contributed by atoms with Gasteiger partial charge < -0.3 is 19.4 Å². The standard InChI is InChI=1S/C24H22N2O5S/c1-4-13-31-19-12-7-16(14-20(19)30-6-3)15-21-22(27)26(5-2)24(32-21)25-18-10-8-17(9-11-18)23(28)29/h1,7-12,14-15H,5-6,13H2,2-3H3,(H,28,29)/p-1/b21-15-,25-24?. The average molecular weight is 450 g/mol. The van der Waals surface area contributed by atoms with E-state index in [1.165, 1.54) is 23.9 Å². The van der Waals surface area contributed by atoms with Crippen molar-refractivity contribution >= 4 is 40.6 Å². The molecule has 1 aliphatic rings. The van der Waals surface area contributed by atoms with E-state index in [2.05, 4.69) is 10.9 Å². The number of hydrogen-bond acceptors (Lipinski definition) is 7. The number of nitrogens with zero attached hydrogens (tertiary/aromatic N) is 2. The number of aliphatic imine (C=N–C) groups is 1. The van der Waals surface area contributed by atoms with Crippen molar-refractivity contribution in [2.24, 2.45) is 4.99 Å². The molecule has 0 unspecified atom stereocenters. The van der Waals surface area contributed by atoms with Crippen LogP contribution in [0.4, 0.5) is 5.69 Å². The van der Waals surface area contributed by atoms with E-state index >= 15 is 0 Å². The number of thioether (sulfide) groups is 1. The number of ether oxygens (including phenoxy) is 2. The molecule has 8 heteroatoms. The fourth-order valence-electron chi connectivity index (χ4n) is 2.93. The summed E-state index contributed by atoms with van der Waals surface area (Å²) in [6, 6.07) is 11.3. The van der Waals surface area contributed by atoms with Gasteiger partial charge in [0.15, 0.2) is 16.7 Å². The van der Waals surface area contributed by atoms with E-state index in [0.717, 1.165) is 5.56 Å². The van der Waals surface area contributed by atoms with Crippen LogP contribution in [0.15, 0.2) is 52.4 Å². The number of rotatable bonds is 8.